The SMILES string of the molecule is CN(CC1CCCN1C)C(=O)c1ccc2cn[nH]c2c1. The number of aromatic amines is 1. The highest BCUT2D eigenvalue weighted by atomic mass is 16.2. The molecule has 1 aliphatic heterocycles. The summed E-state index contributed by atoms with van der Waals surface area (Å²) in [6, 6.07) is 6.16. The highest BCUT2D eigenvalue weighted by Crippen LogP contribution is 2.18. The zero-order valence-electron chi connectivity index (χ0n) is 12.0. The van der Waals surface area contributed by atoms with Crippen LogP contribution in [0.5, 0.6) is 0 Å². The maximum atomic E-state index is 12.5. The van der Waals surface area contributed by atoms with Crippen molar-refractivity contribution in [2.75, 3.05) is 27.2 Å². The Balaban J connectivity index is 1.73. The van der Waals surface area contributed by atoms with Crippen LogP contribution in [0.25, 0.3) is 10.9 Å². The first kappa shape index (κ1) is 13.1. The number of hydrogen-bond donors (Lipinski definition) is 1. The van der Waals surface area contributed by atoms with Crippen LogP contribution in [0.15, 0.2) is 24.4 Å². The molecule has 5 heteroatoms. The van der Waals surface area contributed by atoms with E-state index in [0.29, 0.717) is 11.6 Å². The Labute approximate surface area is 118 Å². The molecule has 1 aromatic heterocycles. The maximum Gasteiger partial charge on any atom is 0.253 e. The lowest BCUT2D eigenvalue weighted by molar-refractivity contribution is 0.0761. The summed E-state index contributed by atoms with van der Waals surface area (Å²) in [5, 5.41) is 7.92. The number of rotatable bonds is 3. The summed E-state index contributed by atoms with van der Waals surface area (Å²) in [4.78, 5) is 16.6. The monoisotopic (exact) mass is 272 g/mol. The van der Waals surface area contributed by atoms with Gasteiger partial charge in [-0.2, -0.15) is 5.10 Å². The number of carbonyl (C=O) groups excluding carboxylic acids is 1. The van der Waals surface area contributed by atoms with Gasteiger partial charge in [-0.1, -0.05) is 6.07 Å². The van der Waals surface area contributed by atoms with E-state index in [1.54, 1.807) is 6.20 Å². The Kier molecular flexibility index (Phi) is 3.44. The summed E-state index contributed by atoms with van der Waals surface area (Å²) in [7, 11) is 4.01. The Morgan fingerprint density at radius 2 is 2.40 bits per heavy atom. The fraction of sp³-hybridized carbons (Fsp3) is 0.467. The average Bonchev–Trinajstić information content (AvgIpc) is 3.06. The molecule has 1 N–H and O–H groups in total. The van der Waals surface area contributed by atoms with E-state index in [4.69, 9.17) is 0 Å². The van der Waals surface area contributed by atoms with Crippen LogP contribution >= 0.6 is 0 Å². The van der Waals surface area contributed by atoms with Crippen molar-refractivity contribution in [1.29, 1.82) is 0 Å². The highest BCUT2D eigenvalue weighted by molar-refractivity contribution is 5.97. The van der Waals surface area contributed by atoms with E-state index in [-0.39, 0.29) is 5.91 Å². The van der Waals surface area contributed by atoms with Crippen LogP contribution in [-0.2, 0) is 0 Å². The number of benzene rings is 1. The van der Waals surface area contributed by atoms with Crippen molar-refractivity contribution in [2.24, 2.45) is 0 Å². The minimum absolute atomic E-state index is 0.0711. The molecule has 3 rings (SSSR count). The number of aromatic nitrogens is 2. The van der Waals surface area contributed by atoms with Crippen molar-refractivity contribution in [2.45, 2.75) is 18.9 Å². The van der Waals surface area contributed by atoms with Crippen LogP contribution in [0.4, 0.5) is 0 Å². The molecule has 0 bridgehead atoms. The van der Waals surface area contributed by atoms with E-state index in [1.807, 2.05) is 30.1 Å². The summed E-state index contributed by atoms with van der Waals surface area (Å²) >= 11 is 0. The maximum absolute atomic E-state index is 12.5. The molecule has 0 aliphatic carbocycles. The van der Waals surface area contributed by atoms with E-state index in [2.05, 4.69) is 22.1 Å². The van der Waals surface area contributed by atoms with Gasteiger partial charge in [-0.05, 0) is 38.6 Å². The van der Waals surface area contributed by atoms with Gasteiger partial charge in [0.1, 0.15) is 0 Å². The number of amides is 1. The zero-order valence-corrected chi connectivity index (χ0v) is 12.0. The number of carbonyl (C=O) groups is 1. The standard InChI is InChI=1S/C15H20N4O/c1-18-7-3-4-13(18)10-19(2)15(20)11-5-6-12-9-16-17-14(12)8-11/h5-6,8-9,13H,3-4,7,10H2,1-2H3,(H,16,17). The number of H-pyrrole nitrogens is 1. The molecule has 1 unspecified atom stereocenters. The van der Waals surface area contributed by atoms with Crippen LogP contribution in [0.1, 0.15) is 23.2 Å². The van der Waals surface area contributed by atoms with Gasteiger partial charge in [0, 0.05) is 30.6 Å². The van der Waals surface area contributed by atoms with Crippen molar-refractivity contribution in [1.82, 2.24) is 20.0 Å². The molecule has 2 aromatic rings. The zero-order chi connectivity index (χ0) is 14.1. The van der Waals surface area contributed by atoms with E-state index >= 15 is 0 Å². The molecule has 1 aliphatic rings. The minimum Gasteiger partial charge on any atom is -0.340 e. The first-order valence-electron chi connectivity index (χ1n) is 7.04. The first-order chi connectivity index (χ1) is 9.65. The molecule has 106 valence electrons. The molecule has 0 radical (unpaired) electrons. The second-order valence-electron chi connectivity index (χ2n) is 5.63. The summed E-state index contributed by atoms with van der Waals surface area (Å²) in [5.41, 5.74) is 1.62. The Morgan fingerprint density at radius 3 is 3.15 bits per heavy atom. The van der Waals surface area contributed by atoms with Gasteiger partial charge >= 0.3 is 0 Å². The van der Waals surface area contributed by atoms with Gasteiger partial charge in [0.05, 0.1) is 11.7 Å². The van der Waals surface area contributed by atoms with Gasteiger partial charge in [0.25, 0.3) is 5.91 Å². The predicted molar refractivity (Wildman–Crippen MR) is 78.7 cm³/mol. The van der Waals surface area contributed by atoms with Crippen molar-refractivity contribution < 1.29 is 4.79 Å². The third-order valence-electron chi connectivity index (χ3n) is 4.19. The van der Waals surface area contributed by atoms with Gasteiger partial charge in [0.15, 0.2) is 0 Å². The van der Waals surface area contributed by atoms with Gasteiger partial charge in [0.2, 0.25) is 0 Å². The quantitative estimate of drug-likeness (QED) is 0.925. The number of nitrogens with one attached hydrogen (secondary N) is 1. The van der Waals surface area contributed by atoms with Crippen LogP contribution in [0.3, 0.4) is 0 Å². The second-order valence-corrected chi connectivity index (χ2v) is 5.63. The largest absolute Gasteiger partial charge is 0.340 e. The van der Waals surface area contributed by atoms with Gasteiger partial charge < -0.3 is 9.80 Å². The third-order valence-corrected chi connectivity index (χ3v) is 4.19. The molecule has 1 amide bonds. The van der Waals surface area contributed by atoms with E-state index in [9.17, 15) is 4.79 Å². The van der Waals surface area contributed by atoms with E-state index < -0.39 is 0 Å². The fourth-order valence-corrected chi connectivity index (χ4v) is 2.90. The van der Waals surface area contributed by atoms with Gasteiger partial charge in [-0.15, -0.1) is 0 Å². The van der Waals surface area contributed by atoms with Crippen molar-refractivity contribution in [3.8, 4) is 0 Å². The number of fused-ring (bicyclic) bond motifs is 1. The molecular formula is C15H20N4O. The van der Waals surface area contributed by atoms with Crippen LogP contribution in [-0.4, -0.2) is 59.1 Å². The molecule has 1 aromatic carbocycles. The lowest BCUT2D eigenvalue weighted by atomic mass is 10.1. The Bertz CT molecular complexity index is 621. The lowest BCUT2D eigenvalue weighted by Gasteiger charge is -2.26. The summed E-state index contributed by atoms with van der Waals surface area (Å²) in [6.45, 7) is 1.92. The van der Waals surface area contributed by atoms with Crippen LogP contribution in [0, 0.1) is 0 Å². The number of likely N-dealkylation sites (N-methyl/N-ethyl adjacent to an activating group) is 2. The molecule has 20 heavy (non-hydrogen) atoms. The van der Waals surface area contributed by atoms with E-state index in [1.165, 1.54) is 12.8 Å². The molecule has 1 fully saturated rings. The normalized spacial score (nSPS) is 19.6. The number of likely N-dealkylation sites (tertiary alicyclic amines) is 1. The molecule has 2 heterocycles. The highest BCUT2D eigenvalue weighted by Gasteiger charge is 2.24. The van der Waals surface area contributed by atoms with Gasteiger partial charge in [-0.25, -0.2) is 0 Å². The fourth-order valence-electron chi connectivity index (χ4n) is 2.90. The van der Waals surface area contributed by atoms with Crippen molar-refractivity contribution >= 4 is 16.8 Å². The first-order valence-corrected chi connectivity index (χ1v) is 7.04. The van der Waals surface area contributed by atoms with Crippen molar-refractivity contribution in [3.05, 3.63) is 30.0 Å². The van der Waals surface area contributed by atoms with Gasteiger partial charge in [-0.3, -0.25) is 9.89 Å². The Morgan fingerprint density at radius 1 is 1.55 bits per heavy atom. The smallest absolute Gasteiger partial charge is 0.253 e. The molecule has 5 nitrogen and oxygen atoms in total. The number of nitrogens with zero attached hydrogens (tertiary/aromatic N) is 3. The summed E-state index contributed by atoms with van der Waals surface area (Å²) in [6.07, 6.45) is 4.16. The average molecular weight is 272 g/mol. The van der Waals surface area contributed by atoms with E-state index in [0.717, 1.165) is 24.0 Å². The number of hydrogen-bond acceptors (Lipinski definition) is 3. The summed E-state index contributed by atoms with van der Waals surface area (Å²) < 4.78 is 0. The molecule has 1 saturated heterocycles. The summed E-state index contributed by atoms with van der Waals surface area (Å²) in [5.74, 6) is 0.0711. The lowest BCUT2D eigenvalue weighted by Crippen LogP contribution is -2.39. The molecular weight excluding hydrogens is 252 g/mol. The molecule has 1 atom stereocenters. The van der Waals surface area contributed by atoms with Crippen LogP contribution in [0.2, 0.25) is 0 Å². The molecule has 0 spiro atoms. The predicted octanol–water partition coefficient (Wildman–Crippen LogP) is 1.73. The third kappa shape index (κ3) is 2.41. The topological polar surface area (TPSA) is 52.2 Å². The minimum atomic E-state index is 0.0711. The van der Waals surface area contributed by atoms with Crippen LogP contribution < -0.4 is 0 Å². The second kappa shape index (κ2) is 5.25. The Hall–Kier alpha value is -1.88. The molecule has 0 saturated carbocycles. The van der Waals surface area contributed by atoms with Crippen molar-refractivity contribution in [3.63, 3.8) is 0 Å².